The molecule has 0 saturated heterocycles. The summed E-state index contributed by atoms with van der Waals surface area (Å²) in [6.45, 7) is 1.99. The molecule has 0 spiro atoms. The van der Waals surface area contributed by atoms with E-state index in [-0.39, 0.29) is 0 Å². The zero-order chi connectivity index (χ0) is 7.82. The molecule has 58 valence electrons. The zero-order valence-corrected chi connectivity index (χ0v) is 7.81. The smallest absolute Gasteiger partial charge is 0.0636 e. The van der Waals surface area contributed by atoms with Gasteiger partial charge in [-0.3, -0.25) is 10.3 Å². The van der Waals surface area contributed by atoms with Crippen LogP contribution in [0.1, 0.15) is 6.92 Å². The van der Waals surface area contributed by atoms with Crippen LogP contribution in [0.15, 0.2) is 23.9 Å². The third kappa shape index (κ3) is 5.85. The van der Waals surface area contributed by atoms with Crippen molar-refractivity contribution in [3.8, 4) is 0 Å². The lowest BCUT2D eigenvalue weighted by Crippen LogP contribution is -2.01. The fraction of sp³-hybridized carbons (Fsp3) is 0.429. The van der Waals surface area contributed by atoms with E-state index in [1.165, 1.54) is 0 Å². The van der Waals surface area contributed by atoms with Gasteiger partial charge in [0, 0.05) is 11.5 Å². The Kier molecular flexibility index (Phi) is 6.64. The molecule has 2 nitrogen and oxygen atoms in total. The molecule has 10 heavy (non-hydrogen) atoms. The van der Waals surface area contributed by atoms with Crippen LogP contribution in [0, 0.1) is 0 Å². The Bertz CT molecular complexity index is 132. The quantitative estimate of drug-likeness (QED) is 0.431. The summed E-state index contributed by atoms with van der Waals surface area (Å²) in [5.41, 5.74) is 3.75. The molecule has 0 aromatic heterocycles. The SMILES string of the molecule is CON/C=C(C)\C=C/CBr. The number of nitrogens with one attached hydrogen (secondary N) is 1. The third-order valence-electron chi connectivity index (χ3n) is 0.874. The minimum Gasteiger partial charge on any atom is -0.280 e. The summed E-state index contributed by atoms with van der Waals surface area (Å²) in [4.78, 5) is 4.62. The molecule has 0 heterocycles. The second-order valence-electron chi connectivity index (χ2n) is 1.77. The van der Waals surface area contributed by atoms with Crippen molar-refractivity contribution < 1.29 is 4.84 Å². The van der Waals surface area contributed by atoms with Crippen molar-refractivity contribution in [2.45, 2.75) is 6.92 Å². The van der Waals surface area contributed by atoms with Gasteiger partial charge in [0.15, 0.2) is 0 Å². The fourth-order valence-corrected chi connectivity index (χ4v) is 0.617. The number of hydroxylamine groups is 1. The molecule has 0 aromatic rings. The van der Waals surface area contributed by atoms with Crippen molar-refractivity contribution in [1.82, 2.24) is 5.48 Å². The molecule has 0 fully saturated rings. The minimum atomic E-state index is 0.880. The van der Waals surface area contributed by atoms with Gasteiger partial charge in [-0.2, -0.15) is 0 Å². The van der Waals surface area contributed by atoms with E-state index in [4.69, 9.17) is 0 Å². The molecule has 1 N–H and O–H groups in total. The Balaban J connectivity index is 3.59. The van der Waals surface area contributed by atoms with Crippen LogP contribution < -0.4 is 5.48 Å². The van der Waals surface area contributed by atoms with Crippen molar-refractivity contribution in [1.29, 1.82) is 0 Å². The minimum absolute atomic E-state index is 0.880. The highest BCUT2D eigenvalue weighted by Gasteiger charge is 1.77. The van der Waals surface area contributed by atoms with Gasteiger partial charge in [-0.1, -0.05) is 28.1 Å². The summed E-state index contributed by atoms with van der Waals surface area (Å²) in [5.74, 6) is 0. The summed E-state index contributed by atoms with van der Waals surface area (Å²) >= 11 is 3.28. The summed E-state index contributed by atoms with van der Waals surface area (Å²) in [6, 6.07) is 0. The average Bonchev–Trinajstić information content (AvgIpc) is 1.97. The maximum atomic E-state index is 4.62. The van der Waals surface area contributed by atoms with Gasteiger partial charge < -0.3 is 0 Å². The van der Waals surface area contributed by atoms with Crippen LogP contribution in [0.2, 0.25) is 0 Å². The largest absolute Gasteiger partial charge is 0.280 e. The molecule has 0 unspecified atom stereocenters. The average molecular weight is 206 g/mol. The van der Waals surface area contributed by atoms with E-state index >= 15 is 0 Å². The maximum absolute atomic E-state index is 4.62. The van der Waals surface area contributed by atoms with Gasteiger partial charge >= 0.3 is 0 Å². The van der Waals surface area contributed by atoms with Crippen LogP contribution in [-0.2, 0) is 4.84 Å². The number of alkyl halides is 1. The molecule has 3 heteroatoms. The Labute approximate surface area is 70.0 Å². The van der Waals surface area contributed by atoms with Crippen molar-refractivity contribution in [2.24, 2.45) is 0 Å². The van der Waals surface area contributed by atoms with E-state index in [1.54, 1.807) is 13.3 Å². The van der Waals surface area contributed by atoms with Gasteiger partial charge in [0.05, 0.1) is 7.11 Å². The standard InChI is InChI=1S/C7H12BrNO/c1-7(4-3-5-8)6-9-10-2/h3-4,6,9H,5H2,1-2H3/b4-3-,7-6-. The van der Waals surface area contributed by atoms with E-state index in [9.17, 15) is 0 Å². The topological polar surface area (TPSA) is 21.3 Å². The molecule has 0 bridgehead atoms. The molecule has 0 aliphatic heterocycles. The first-order valence-electron chi connectivity index (χ1n) is 2.99. The van der Waals surface area contributed by atoms with Crippen molar-refractivity contribution >= 4 is 15.9 Å². The maximum Gasteiger partial charge on any atom is 0.0636 e. The summed E-state index contributed by atoms with van der Waals surface area (Å²) in [6.07, 6.45) is 5.81. The van der Waals surface area contributed by atoms with Gasteiger partial charge in [-0.05, 0) is 12.5 Å². The van der Waals surface area contributed by atoms with E-state index in [0.29, 0.717) is 0 Å². The number of hydrogen-bond donors (Lipinski definition) is 1. The lowest BCUT2D eigenvalue weighted by molar-refractivity contribution is 0.128. The second-order valence-corrected chi connectivity index (χ2v) is 2.41. The van der Waals surface area contributed by atoms with Crippen LogP contribution in [0.3, 0.4) is 0 Å². The summed E-state index contributed by atoms with van der Waals surface area (Å²) < 4.78 is 0. The number of halogens is 1. The van der Waals surface area contributed by atoms with E-state index in [2.05, 4.69) is 26.2 Å². The first-order valence-corrected chi connectivity index (χ1v) is 4.11. The predicted molar refractivity (Wildman–Crippen MR) is 46.8 cm³/mol. The molecule has 0 rings (SSSR count). The van der Waals surface area contributed by atoms with E-state index in [0.717, 1.165) is 10.9 Å². The van der Waals surface area contributed by atoms with Gasteiger partial charge in [0.2, 0.25) is 0 Å². The highest BCUT2D eigenvalue weighted by atomic mass is 79.9. The Morgan fingerprint density at radius 3 is 2.90 bits per heavy atom. The first kappa shape index (κ1) is 9.72. The van der Waals surface area contributed by atoms with Gasteiger partial charge in [-0.15, -0.1) is 0 Å². The monoisotopic (exact) mass is 205 g/mol. The highest BCUT2D eigenvalue weighted by Crippen LogP contribution is 1.93. The second kappa shape index (κ2) is 6.83. The molecule has 0 aliphatic rings. The number of allylic oxidation sites excluding steroid dienone is 3. The molecule has 0 amide bonds. The Morgan fingerprint density at radius 1 is 1.70 bits per heavy atom. The van der Waals surface area contributed by atoms with Gasteiger partial charge in [0.1, 0.15) is 0 Å². The van der Waals surface area contributed by atoms with E-state index in [1.807, 2.05) is 19.1 Å². The normalized spacial score (nSPS) is 12.5. The lowest BCUT2D eigenvalue weighted by atomic mass is 10.3. The zero-order valence-electron chi connectivity index (χ0n) is 6.23. The van der Waals surface area contributed by atoms with Crippen LogP contribution >= 0.6 is 15.9 Å². The van der Waals surface area contributed by atoms with Gasteiger partial charge in [0.25, 0.3) is 0 Å². The molecule has 0 aromatic carbocycles. The Hall–Kier alpha value is -0.280. The van der Waals surface area contributed by atoms with Crippen LogP contribution in [-0.4, -0.2) is 12.4 Å². The first-order chi connectivity index (χ1) is 4.81. The number of hydrogen-bond acceptors (Lipinski definition) is 2. The molecule has 0 aliphatic carbocycles. The highest BCUT2D eigenvalue weighted by molar-refractivity contribution is 9.09. The molecular weight excluding hydrogens is 194 g/mol. The molecule has 0 atom stereocenters. The summed E-state index contributed by atoms with van der Waals surface area (Å²) in [7, 11) is 1.58. The molecule has 0 radical (unpaired) electrons. The number of rotatable bonds is 4. The van der Waals surface area contributed by atoms with Crippen molar-refractivity contribution in [3.05, 3.63) is 23.9 Å². The predicted octanol–water partition coefficient (Wildman–Crippen LogP) is 1.99. The Morgan fingerprint density at radius 2 is 2.40 bits per heavy atom. The summed E-state index contributed by atoms with van der Waals surface area (Å²) in [5, 5.41) is 0.880. The van der Waals surface area contributed by atoms with Crippen LogP contribution in [0.4, 0.5) is 0 Å². The van der Waals surface area contributed by atoms with Crippen molar-refractivity contribution in [3.63, 3.8) is 0 Å². The fourth-order valence-electron chi connectivity index (χ4n) is 0.430. The van der Waals surface area contributed by atoms with Crippen LogP contribution in [0.25, 0.3) is 0 Å². The van der Waals surface area contributed by atoms with E-state index < -0.39 is 0 Å². The van der Waals surface area contributed by atoms with Crippen molar-refractivity contribution in [2.75, 3.05) is 12.4 Å². The van der Waals surface area contributed by atoms with Gasteiger partial charge in [-0.25, -0.2) is 0 Å². The molecular formula is C7H12BrNO. The molecule has 0 saturated carbocycles. The lowest BCUT2D eigenvalue weighted by Gasteiger charge is -1.94. The third-order valence-corrected chi connectivity index (χ3v) is 1.25. The van der Waals surface area contributed by atoms with Crippen LogP contribution in [0.5, 0.6) is 0 Å².